The standard InChI is InChI=1S/C16H37NSi2/c1-16(2)15-18-13-11-9-7-8-10-12-14-19(5,6)17(3)4/h15H,7-14,18H2,1-6H3. The van der Waals surface area contributed by atoms with Crippen molar-refractivity contribution in [2.45, 2.75) is 77.6 Å². The van der Waals surface area contributed by atoms with Crippen LogP contribution in [0.1, 0.15) is 52.4 Å². The minimum absolute atomic E-state index is 0.130. The monoisotopic (exact) mass is 299 g/mol. The average Bonchev–Trinajstić information content (AvgIpc) is 2.30. The minimum atomic E-state index is -1.05. The summed E-state index contributed by atoms with van der Waals surface area (Å²) in [7, 11) is 3.59. The number of allylic oxidation sites excluding steroid dienone is 1. The van der Waals surface area contributed by atoms with Crippen LogP contribution in [0.3, 0.4) is 0 Å². The lowest BCUT2D eigenvalue weighted by Gasteiger charge is -2.30. The molecule has 0 aromatic rings. The van der Waals surface area contributed by atoms with Crippen molar-refractivity contribution in [2.24, 2.45) is 0 Å². The fourth-order valence-electron chi connectivity index (χ4n) is 2.20. The Morgan fingerprint density at radius 3 is 2.00 bits per heavy atom. The second-order valence-electron chi connectivity index (χ2n) is 7.00. The highest BCUT2D eigenvalue weighted by Crippen LogP contribution is 2.17. The molecule has 0 saturated carbocycles. The molecule has 0 unspecified atom stereocenters. The van der Waals surface area contributed by atoms with Gasteiger partial charge in [-0.1, -0.05) is 63.2 Å². The van der Waals surface area contributed by atoms with E-state index < -0.39 is 8.24 Å². The number of unbranched alkanes of at least 4 members (excludes halogenated alkanes) is 5. The molecule has 0 bridgehead atoms. The van der Waals surface area contributed by atoms with E-state index in [1.165, 1.54) is 56.2 Å². The second-order valence-corrected chi connectivity index (χ2v) is 13.7. The van der Waals surface area contributed by atoms with Gasteiger partial charge in [0.25, 0.3) is 0 Å². The van der Waals surface area contributed by atoms with E-state index >= 15 is 0 Å². The maximum Gasteiger partial charge on any atom is 0.121 e. The van der Waals surface area contributed by atoms with Crippen LogP contribution in [0, 0.1) is 0 Å². The predicted molar refractivity (Wildman–Crippen MR) is 96.5 cm³/mol. The van der Waals surface area contributed by atoms with Gasteiger partial charge in [-0.25, -0.2) is 0 Å². The molecule has 0 atom stereocenters. The van der Waals surface area contributed by atoms with Gasteiger partial charge in [0.2, 0.25) is 0 Å². The Morgan fingerprint density at radius 2 is 1.47 bits per heavy atom. The van der Waals surface area contributed by atoms with E-state index in [0.29, 0.717) is 0 Å². The van der Waals surface area contributed by atoms with Crippen molar-refractivity contribution in [3.63, 3.8) is 0 Å². The van der Waals surface area contributed by atoms with Crippen LogP contribution in [-0.2, 0) is 0 Å². The quantitative estimate of drug-likeness (QED) is 0.398. The molecule has 1 nitrogen and oxygen atoms in total. The molecule has 114 valence electrons. The summed E-state index contributed by atoms with van der Waals surface area (Å²) < 4.78 is 2.49. The largest absolute Gasteiger partial charge is 0.329 e. The van der Waals surface area contributed by atoms with E-state index in [0.717, 1.165) is 0 Å². The van der Waals surface area contributed by atoms with Gasteiger partial charge in [-0.2, -0.15) is 0 Å². The van der Waals surface area contributed by atoms with E-state index in [2.05, 4.69) is 51.3 Å². The molecule has 0 saturated heterocycles. The third kappa shape index (κ3) is 11.6. The zero-order valence-corrected chi connectivity index (χ0v) is 16.8. The van der Waals surface area contributed by atoms with E-state index in [1.807, 2.05) is 0 Å². The lowest BCUT2D eigenvalue weighted by molar-refractivity contribution is 0.589. The zero-order chi connectivity index (χ0) is 14.7. The van der Waals surface area contributed by atoms with Crippen LogP contribution in [0.2, 0.25) is 25.2 Å². The first-order valence-corrected chi connectivity index (χ1v) is 13.1. The summed E-state index contributed by atoms with van der Waals surface area (Å²) in [5.41, 5.74) is 4.04. The van der Waals surface area contributed by atoms with Crippen molar-refractivity contribution in [3.05, 3.63) is 11.3 Å². The fraction of sp³-hybridized carbons (Fsp3) is 0.875. The van der Waals surface area contributed by atoms with Crippen molar-refractivity contribution in [1.29, 1.82) is 0 Å². The van der Waals surface area contributed by atoms with Crippen LogP contribution in [0.15, 0.2) is 11.3 Å². The van der Waals surface area contributed by atoms with E-state index in [1.54, 1.807) is 0 Å². The maximum atomic E-state index is 2.51. The van der Waals surface area contributed by atoms with Gasteiger partial charge in [0.1, 0.15) is 8.24 Å². The average molecular weight is 300 g/mol. The lowest BCUT2D eigenvalue weighted by Crippen LogP contribution is -2.43. The van der Waals surface area contributed by atoms with E-state index in [4.69, 9.17) is 0 Å². The molecule has 0 radical (unpaired) electrons. The van der Waals surface area contributed by atoms with Crippen LogP contribution >= 0.6 is 0 Å². The van der Waals surface area contributed by atoms with Crippen molar-refractivity contribution in [3.8, 4) is 0 Å². The fourth-order valence-corrected chi connectivity index (χ4v) is 5.19. The summed E-state index contributed by atoms with van der Waals surface area (Å²) in [4.78, 5) is 0. The first-order valence-electron chi connectivity index (χ1n) is 8.17. The van der Waals surface area contributed by atoms with Crippen molar-refractivity contribution < 1.29 is 0 Å². The van der Waals surface area contributed by atoms with Crippen molar-refractivity contribution >= 4 is 17.8 Å². The summed E-state index contributed by atoms with van der Waals surface area (Å²) >= 11 is 0. The highest BCUT2D eigenvalue weighted by molar-refractivity contribution is 6.74. The summed E-state index contributed by atoms with van der Waals surface area (Å²) in [6.45, 7) is 9.43. The van der Waals surface area contributed by atoms with Crippen LogP contribution < -0.4 is 0 Å². The van der Waals surface area contributed by atoms with Gasteiger partial charge in [0, 0.05) is 9.52 Å². The summed E-state index contributed by atoms with van der Waals surface area (Å²) in [5.74, 6) is 0. The van der Waals surface area contributed by atoms with Gasteiger partial charge in [0.05, 0.1) is 0 Å². The Balaban J connectivity index is 3.30. The molecule has 3 heteroatoms. The molecule has 0 aliphatic carbocycles. The molecule has 0 amide bonds. The molecule has 0 rings (SSSR count). The normalized spacial score (nSPS) is 12.6. The van der Waals surface area contributed by atoms with Gasteiger partial charge in [-0.05, 0) is 34.0 Å². The summed E-state index contributed by atoms with van der Waals surface area (Å²) in [5, 5.41) is 0. The van der Waals surface area contributed by atoms with Gasteiger partial charge in [-0.3, -0.25) is 0 Å². The molecular weight excluding hydrogens is 262 g/mol. The van der Waals surface area contributed by atoms with Crippen molar-refractivity contribution in [2.75, 3.05) is 14.1 Å². The van der Waals surface area contributed by atoms with Crippen LogP contribution in [-0.4, -0.2) is 36.4 Å². The molecule has 0 aliphatic heterocycles. The van der Waals surface area contributed by atoms with Crippen LogP contribution in [0.5, 0.6) is 0 Å². The molecule has 0 N–H and O–H groups in total. The molecule has 0 aromatic heterocycles. The second kappa shape index (κ2) is 10.9. The Hall–Kier alpha value is 0.134. The van der Waals surface area contributed by atoms with E-state index in [9.17, 15) is 0 Å². The Kier molecular flexibility index (Phi) is 10.9. The highest BCUT2D eigenvalue weighted by atomic mass is 28.3. The molecule has 19 heavy (non-hydrogen) atoms. The first kappa shape index (κ1) is 19.1. The molecule has 0 aromatic carbocycles. The van der Waals surface area contributed by atoms with Gasteiger partial charge >= 0.3 is 0 Å². The van der Waals surface area contributed by atoms with Crippen LogP contribution in [0.4, 0.5) is 0 Å². The summed E-state index contributed by atoms with van der Waals surface area (Å²) in [6, 6.07) is 2.99. The van der Waals surface area contributed by atoms with Crippen LogP contribution in [0.25, 0.3) is 0 Å². The van der Waals surface area contributed by atoms with Gasteiger partial charge in [-0.15, -0.1) is 5.70 Å². The van der Waals surface area contributed by atoms with Gasteiger partial charge < -0.3 is 4.57 Å². The van der Waals surface area contributed by atoms with Crippen molar-refractivity contribution in [1.82, 2.24) is 4.57 Å². The third-order valence-corrected chi connectivity index (χ3v) is 10.3. The number of hydrogen-bond acceptors (Lipinski definition) is 1. The first-order chi connectivity index (χ1) is 8.86. The topological polar surface area (TPSA) is 3.24 Å². The maximum absolute atomic E-state index is 2.51. The molecule has 0 heterocycles. The number of hydrogen-bond donors (Lipinski definition) is 0. The Labute approximate surface area is 125 Å². The molecule has 0 fully saturated rings. The highest BCUT2D eigenvalue weighted by Gasteiger charge is 2.22. The third-order valence-electron chi connectivity index (χ3n) is 4.26. The minimum Gasteiger partial charge on any atom is -0.329 e. The lowest BCUT2D eigenvalue weighted by atomic mass is 10.1. The SMILES string of the molecule is CC(C)=C[SiH2]CCCCCCCC[Si](C)(C)N(C)C. The predicted octanol–water partition coefficient (Wildman–Crippen LogP) is 4.60. The number of rotatable bonds is 11. The number of nitrogens with zero attached hydrogens (tertiary/aromatic N) is 1. The molecular formula is C16H37NSi2. The van der Waals surface area contributed by atoms with E-state index in [-0.39, 0.29) is 9.52 Å². The Bertz CT molecular complexity index is 243. The van der Waals surface area contributed by atoms with Gasteiger partial charge in [0.15, 0.2) is 0 Å². The Morgan fingerprint density at radius 1 is 0.947 bits per heavy atom. The molecule has 0 spiro atoms. The zero-order valence-electron chi connectivity index (χ0n) is 14.4. The summed E-state index contributed by atoms with van der Waals surface area (Å²) in [6.07, 6.45) is 8.78. The smallest absolute Gasteiger partial charge is 0.121 e. The molecule has 0 aliphatic rings.